The minimum Gasteiger partial charge on any atom is -0.496 e. The monoisotopic (exact) mass is 368 g/mol. The van der Waals surface area contributed by atoms with E-state index in [0.29, 0.717) is 17.0 Å². The van der Waals surface area contributed by atoms with Crippen LogP contribution in [0.3, 0.4) is 0 Å². The Morgan fingerprint density at radius 1 is 1.15 bits per heavy atom. The first-order valence-electron chi connectivity index (χ1n) is 7.31. The summed E-state index contributed by atoms with van der Waals surface area (Å²) >= 11 is 0. The summed E-state index contributed by atoms with van der Waals surface area (Å²) in [6, 6.07) is 11.8. The number of alkyl halides is 3. The van der Waals surface area contributed by atoms with E-state index in [-0.39, 0.29) is 12.4 Å². The maximum absolute atomic E-state index is 12.1. The zero-order valence-corrected chi connectivity index (χ0v) is 13.6. The normalized spacial score (nSPS) is 11.2. The third-order valence-corrected chi connectivity index (χ3v) is 2.97. The molecule has 0 aliphatic heterocycles. The van der Waals surface area contributed by atoms with Gasteiger partial charge in [0.2, 0.25) is 0 Å². The van der Waals surface area contributed by atoms with E-state index in [1.165, 1.54) is 25.5 Å². The summed E-state index contributed by atoms with van der Waals surface area (Å²) < 4.78 is 45.1. The average molecular weight is 368 g/mol. The van der Waals surface area contributed by atoms with Gasteiger partial charge in [-0.3, -0.25) is 4.79 Å². The van der Waals surface area contributed by atoms with Crippen LogP contribution in [0.5, 0.6) is 11.5 Å². The highest BCUT2D eigenvalue weighted by Crippen LogP contribution is 2.23. The van der Waals surface area contributed by atoms with Gasteiger partial charge in [-0.25, -0.2) is 0 Å². The molecule has 0 atom stereocenters. The van der Waals surface area contributed by atoms with Crippen LogP contribution in [0.1, 0.15) is 5.56 Å². The third kappa shape index (κ3) is 6.34. The maximum Gasteiger partial charge on any atom is 0.573 e. The van der Waals surface area contributed by atoms with E-state index in [0.717, 1.165) is 12.1 Å². The molecule has 0 aromatic heterocycles. The SMILES string of the molecule is COc1ccccc1/C=N\OCC(=O)Nc1ccc(OC(F)(F)F)cc1. The molecule has 0 aliphatic carbocycles. The lowest BCUT2D eigenvalue weighted by molar-refractivity contribution is -0.274. The number of halogens is 3. The van der Waals surface area contributed by atoms with Gasteiger partial charge in [0.25, 0.3) is 5.91 Å². The Morgan fingerprint density at radius 2 is 1.85 bits per heavy atom. The molecule has 0 aliphatic rings. The Balaban J connectivity index is 1.81. The van der Waals surface area contributed by atoms with Gasteiger partial charge in [-0.15, -0.1) is 13.2 Å². The van der Waals surface area contributed by atoms with Crippen LogP contribution in [0.15, 0.2) is 53.7 Å². The number of nitrogens with zero attached hydrogens (tertiary/aromatic N) is 1. The molecule has 0 radical (unpaired) electrons. The van der Waals surface area contributed by atoms with Crippen LogP contribution in [0.2, 0.25) is 0 Å². The minimum absolute atomic E-state index is 0.293. The van der Waals surface area contributed by atoms with Crippen LogP contribution in [-0.2, 0) is 9.63 Å². The van der Waals surface area contributed by atoms with Crippen LogP contribution in [0.25, 0.3) is 0 Å². The molecule has 2 rings (SSSR count). The molecule has 26 heavy (non-hydrogen) atoms. The van der Waals surface area contributed by atoms with Crippen molar-refractivity contribution in [3.63, 3.8) is 0 Å². The highest BCUT2D eigenvalue weighted by atomic mass is 19.4. The van der Waals surface area contributed by atoms with E-state index in [2.05, 4.69) is 15.2 Å². The quantitative estimate of drug-likeness (QED) is 0.599. The van der Waals surface area contributed by atoms with Gasteiger partial charge in [0.05, 0.1) is 13.3 Å². The van der Waals surface area contributed by atoms with Crippen molar-refractivity contribution in [1.82, 2.24) is 0 Å². The van der Waals surface area contributed by atoms with Crippen LogP contribution in [0, 0.1) is 0 Å². The maximum atomic E-state index is 12.1. The lowest BCUT2D eigenvalue weighted by atomic mass is 10.2. The van der Waals surface area contributed by atoms with Crippen molar-refractivity contribution in [3.8, 4) is 11.5 Å². The average Bonchev–Trinajstić information content (AvgIpc) is 2.59. The predicted octanol–water partition coefficient (Wildman–Crippen LogP) is 3.58. The lowest BCUT2D eigenvalue weighted by Crippen LogP contribution is -2.18. The summed E-state index contributed by atoms with van der Waals surface area (Å²) in [5.74, 6) is -0.301. The number of carbonyl (C=O) groups excluding carboxylic acids is 1. The molecule has 0 fully saturated rings. The highest BCUT2D eigenvalue weighted by molar-refractivity contribution is 5.91. The molecule has 9 heteroatoms. The second-order valence-corrected chi connectivity index (χ2v) is 4.87. The van der Waals surface area contributed by atoms with E-state index < -0.39 is 12.3 Å². The lowest BCUT2D eigenvalue weighted by Gasteiger charge is -2.09. The standard InChI is InChI=1S/C17H15F3N2O4/c1-24-15-5-3-2-4-12(15)10-21-25-11-16(23)22-13-6-8-14(9-7-13)26-17(18,19)20/h2-10H,11H2,1H3,(H,22,23)/b21-10-. The number of ether oxygens (including phenoxy) is 2. The van der Waals surface area contributed by atoms with E-state index in [4.69, 9.17) is 9.57 Å². The molecule has 0 saturated heterocycles. The second-order valence-electron chi connectivity index (χ2n) is 4.87. The Kier molecular flexibility index (Phi) is 6.42. The van der Waals surface area contributed by atoms with Gasteiger partial charge >= 0.3 is 6.36 Å². The largest absolute Gasteiger partial charge is 0.573 e. The predicted molar refractivity (Wildman–Crippen MR) is 88.3 cm³/mol. The van der Waals surface area contributed by atoms with Gasteiger partial charge in [0.15, 0.2) is 6.61 Å². The van der Waals surface area contributed by atoms with E-state index >= 15 is 0 Å². The number of nitrogens with one attached hydrogen (secondary N) is 1. The van der Waals surface area contributed by atoms with Crippen molar-refractivity contribution in [2.75, 3.05) is 19.0 Å². The number of oxime groups is 1. The van der Waals surface area contributed by atoms with Crippen molar-refractivity contribution in [1.29, 1.82) is 0 Å². The molecule has 1 amide bonds. The molecule has 0 heterocycles. The molecule has 6 nitrogen and oxygen atoms in total. The number of amides is 1. The molecule has 2 aromatic carbocycles. The Morgan fingerprint density at radius 3 is 2.50 bits per heavy atom. The number of anilines is 1. The summed E-state index contributed by atoms with van der Waals surface area (Å²) in [6.45, 7) is -0.369. The fourth-order valence-corrected chi connectivity index (χ4v) is 1.90. The highest BCUT2D eigenvalue weighted by Gasteiger charge is 2.30. The van der Waals surface area contributed by atoms with Gasteiger partial charge in [-0.1, -0.05) is 17.3 Å². The number of hydrogen-bond donors (Lipinski definition) is 1. The van der Waals surface area contributed by atoms with Crippen molar-refractivity contribution >= 4 is 17.8 Å². The van der Waals surface area contributed by atoms with Crippen molar-refractivity contribution in [2.24, 2.45) is 5.16 Å². The summed E-state index contributed by atoms with van der Waals surface area (Å²) in [4.78, 5) is 16.6. The van der Waals surface area contributed by atoms with Crippen LogP contribution >= 0.6 is 0 Å². The van der Waals surface area contributed by atoms with Crippen molar-refractivity contribution < 1.29 is 32.3 Å². The molecule has 138 valence electrons. The van der Waals surface area contributed by atoms with Crippen LogP contribution < -0.4 is 14.8 Å². The van der Waals surface area contributed by atoms with Crippen LogP contribution in [0.4, 0.5) is 18.9 Å². The summed E-state index contributed by atoms with van der Waals surface area (Å²) in [7, 11) is 1.52. The molecule has 2 aromatic rings. The van der Waals surface area contributed by atoms with E-state index in [9.17, 15) is 18.0 Å². The summed E-state index contributed by atoms with van der Waals surface area (Å²) in [5.41, 5.74) is 0.970. The second kappa shape index (κ2) is 8.75. The molecule has 0 saturated carbocycles. The van der Waals surface area contributed by atoms with Crippen LogP contribution in [-0.4, -0.2) is 32.2 Å². The van der Waals surface area contributed by atoms with Gasteiger partial charge < -0.3 is 19.6 Å². The molecule has 1 N–H and O–H groups in total. The Labute approximate surface area is 147 Å². The first-order valence-corrected chi connectivity index (χ1v) is 7.31. The first kappa shape index (κ1) is 19.1. The van der Waals surface area contributed by atoms with Crippen molar-refractivity contribution in [2.45, 2.75) is 6.36 Å². The number of rotatable bonds is 7. The fourth-order valence-electron chi connectivity index (χ4n) is 1.90. The molecule has 0 bridgehead atoms. The molecule has 0 unspecified atom stereocenters. The van der Waals surface area contributed by atoms with Gasteiger partial charge in [0, 0.05) is 11.3 Å². The number of para-hydroxylation sites is 1. The topological polar surface area (TPSA) is 69.2 Å². The number of methoxy groups -OCH3 is 1. The van der Waals surface area contributed by atoms with Gasteiger partial charge in [-0.2, -0.15) is 0 Å². The molecular formula is C17H15F3N2O4. The first-order chi connectivity index (χ1) is 12.4. The summed E-state index contributed by atoms with van der Waals surface area (Å²) in [6.07, 6.45) is -3.37. The third-order valence-electron chi connectivity index (χ3n) is 2.97. The number of benzene rings is 2. The minimum atomic E-state index is -4.77. The smallest absolute Gasteiger partial charge is 0.496 e. The van der Waals surface area contributed by atoms with Crippen molar-refractivity contribution in [3.05, 3.63) is 54.1 Å². The number of hydrogen-bond acceptors (Lipinski definition) is 5. The van der Waals surface area contributed by atoms with E-state index in [1.807, 2.05) is 0 Å². The van der Waals surface area contributed by atoms with E-state index in [1.54, 1.807) is 24.3 Å². The Hall–Kier alpha value is -3.23. The fraction of sp³-hybridized carbons (Fsp3) is 0.176. The van der Waals surface area contributed by atoms with Gasteiger partial charge in [0.1, 0.15) is 11.5 Å². The number of carbonyl (C=O) groups is 1. The molecule has 0 spiro atoms. The zero-order chi connectivity index (χ0) is 19.0. The zero-order valence-electron chi connectivity index (χ0n) is 13.6. The molecular weight excluding hydrogens is 353 g/mol. The summed E-state index contributed by atoms with van der Waals surface area (Å²) in [5, 5.41) is 6.13. The van der Waals surface area contributed by atoms with Gasteiger partial charge in [-0.05, 0) is 36.4 Å². The Bertz CT molecular complexity index is 761.